The summed E-state index contributed by atoms with van der Waals surface area (Å²) in [6.45, 7) is 6.54. The molecule has 0 saturated carbocycles. The molecule has 1 aliphatic rings. The van der Waals surface area contributed by atoms with Crippen molar-refractivity contribution < 1.29 is 32.7 Å². The van der Waals surface area contributed by atoms with E-state index in [0.717, 1.165) is 5.69 Å². The molecule has 0 saturated heterocycles. The van der Waals surface area contributed by atoms with Crippen LogP contribution in [0.25, 0.3) is 0 Å². The topological polar surface area (TPSA) is 12.4 Å². The standard InChI is InChI=1S/C11H13N.CH3.Y/c1-8-11(2,3)9-6-4-5-7-10(9)12-8;;/h4-7H,1-3H3;1H3;/q;-1;. The second kappa shape index (κ2) is 4.68. The molecule has 0 atom stereocenters. The SMILES string of the molecule is CC1=Nc2ccccc2C1(C)C.[CH3-].[Y]. The number of nitrogens with zero attached hydrogens (tertiary/aromatic N) is 1. The van der Waals surface area contributed by atoms with E-state index in [1.54, 1.807) is 0 Å². The Morgan fingerprint density at radius 3 is 2.29 bits per heavy atom. The van der Waals surface area contributed by atoms with Crippen LogP contribution in [-0.2, 0) is 38.1 Å². The molecule has 2 heteroatoms. The minimum absolute atomic E-state index is 0. The Morgan fingerprint density at radius 1 is 1.14 bits per heavy atom. The fraction of sp³-hybridized carbons (Fsp3) is 0.333. The van der Waals surface area contributed by atoms with Crippen molar-refractivity contribution in [2.75, 3.05) is 0 Å². The van der Waals surface area contributed by atoms with E-state index in [2.05, 4.69) is 44.0 Å². The van der Waals surface area contributed by atoms with Crippen LogP contribution in [0.5, 0.6) is 0 Å². The summed E-state index contributed by atoms with van der Waals surface area (Å²) in [6.07, 6.45) is 0. The smallest absolute Gasteiger partial charge is 0.0670 e. The Labute approximate surface area is 112 Å². The second-order valence-corrected chi connectivity index (χ2v) is 3.84. The fourth-order valence-electron chi connectivity index (χ4n) is 1.61. The third kappa shape index (κ3) is 1.99. The molecule has 2 rings (SSSR count). The summed E-state index contributed by atoms with van der Waals surface area (Å²) in [5, 5.41) is 0. The molecule has 0 bridgehead atoms. The summed E-state index contributed by atoms with van der Waals surface area (Å²) in [6, 6.07) is 8.36. The first-order valence-electron chi connectivity index (χ1n) is 4.27. The van der Waals surface area contributed by atoms with Crippen molar-refractivity contribution in [3.8, 4) is 0 Å². The molecule has 14 heavy (non-hydrogen) atoms. The minimum Gasteiger partial charge on any atom is -0.358 e. The third-order valence-electron chi connectivity index (χ3n) is 2.77. The Balaban J connectivity index is 0.000000845. The van der Waals surface area contributed by atoms with Gasteiger partial charge < -0.3 is 7.43 Å². The van der Waals surface area contributed by atoms with Crippen LogP contribution in [0.1, 0.15) is 26.3 Å². The normalized spacial score (nSPS) is 16.1. The quantitative estimate of drug-likeness (QED) is 0.635. The van der Waals surface area contributed by atoms with Crippen LogP contribution in [-0.4, -0.2) is 5.71 Å². The second-order valence-electron chi connectivity index (χ2n) is 3.84. The predicted molar refractivity (Wildman–Crippen MR) is 58.7 cm³/mol. The van der Waals surface area contributed by atoms with Crippen molar-refractivity contribution in [3.63, 3.8) is 0 Å². The first-order valence-corrected chi connectivity index (χ1v) is 4.27. The maximum Gasteiger partial charge on any atom is 0.0670 e. The molecule has 0 unspecified atom stereocenters. The van der Waals surface area contributed by atoms with Gasteiger partial charge in [0, 0.05) is 43.8 Å². The van der Waals surface area contributed by atoms with Crippen molar-refractivity contribution in [3.05, 3.63) is 37.3 Å². The zero-order chi connectivity index (χ0) is 8.77. The number of hydrogen-bond donors (Lipinski definition) is 0. The Morgan fingerprint density at radius 2 is 1.71 bits per heavy atom. The number of rotatable bonds is 0. The van der Waals surface area contributed by atoms with E-state index >= 15 is 0 Å². The van der Waals surface area contributed by atoms with Crippen molar-refractivity contribution in [1.82, 2.24) is 0 Å². The third-order valence-corrected chi connectivity index (χ3v) is 2.77. The molecule has 1 aromatic rings. The molecular formula is C12H16NY-. The van der Waals surface area contributed by atoms with Gasteiger partial charge in [-0.2, -0.15) is 0 Å². The zero-order valence-corrected chi connectivity index (χ0v) is 12.2. The van der Waals surface area contributed by atoms with Gasteiger partial charge in [0.25, 0.3) is 0 Å². The molecule has 73 valence electrons. The van der Waals surface area contributed by atoms with Gasteiger partial charge in [0.2, 0.25) is 0 Å². The number of fused-ring (bicyclic) bond motifs is 1. The van der Waals surface area contributed by atoms with E-state index in [1.807, 2.05) is 6.07 Å². The van der Waals surface area contributed by atoms with E-state index in [9.17, 15) is 0 Å². The number of para-hydroxylation sites is 1. The van der Waals surface area contributed by atoms with Crippen molar-refractivity contribution in [2.24, 2.45) is 4.99 Å². The van der Waals surface area contributed by atoms with Gasteiger partial charge in [0.15, 0.2) is 0 Å². The van der Waals surface area contributed by atoms with Crippen LogP contribution < -0.4 is 0 Å². The van der Waals surface area contributed by atoms with E-state index in [1.165, 1.54) is 11.3 Å². The Bertz CT molecular complexity index is 353. The number of benzene rings is 1. The molecule has 0 fully saturated rings. The minimum atomic E-state index is 0. The van der Waals surface area contributed by atoms with Crippen LogP contribution in [0, 0.1) is 7.43 Å². The van der Waals surface area contributed by atoms with Gasteiger partial charge in [0.05, 0.1) is 5.69 Å². The first-order chi connectivity index (χ1) is 5.62. The van der Waals surface area contributed by atoms with E-state index in [4.69, 9.17) is 0 Å². The first kappa shape index (κ1) is 14.0. The molecule has 0 aliphatic carbocycles. The van der Waals surface area contributed by atoms with Gasteiger partial charge in [-0.3, -0.25) is 4.99 Å². The molecule has 1 aromatic carbocycles. The van der Waals surface area contributed by atoms with Gasteiger partial charge in [0.1, 0.15) is 0 Å². The maximum atomic E-state index is 4.52. The van der Waals surface area contributed by atoms with Crippen LogP contribution in [0.3, 0.4) is 0 Å². The molecular weight excluding hydrogens is 247 g/mol. The molecule has 0 aromatic heterocycles. The van der Waals surface area contributed by atoms with Crippen molar-refractivity contribution in [2.45, 2.75) is 26.2 Å². The Hall–Kier alpha value is -0.00610. The molecule has 1 heterocycles. The van der Waals surface area contributed by atoms with Gasteiger partial charge in [-0.05, 0) is 18.6 Å². The molecule has 0 amide bonds. The van der Waals surface area contributed by atoms with E-state index in [0.29, 0.717) is 0 Å². The van der Waals surface area contributed by atoms with Gasteiger partial charge in [-0.15, -0.1) is 0 Å². The predicted octanol–water partition coefficient (Wildman–Crippen LogP) is 3.52. The molecule has 0 N–H and O–H groups in total. The summed E-state index contributed by atoms with van der Waals surface area (Å²) >= 11 is 0. The summed E-state index contributed by atoms with van der Waals surface area (Å²) in [7, 11) is 0. The van der Waals surface area contributed by atoms with Crippen molar-refractivity contribution in [1.29, 1.82) is 0 Å². The summed E-state index contributed by atoms with van der Waals surface area (Å²) < 4.78 is 0. The van der Waals surface area contributed by atoms with Crippen LogP contribution in [0.2, 0.25) is 0 Å². The van der Waals surface area contributed by atoms with Gasteiger partial charge in [-0.1, -0.05) is 32.0 Å². The zero-order valence-electron chi connectivity index (χ0n) is 9.33. The van der Waals surface area contributed by atoms with Crippen LogP contribution in [0.4, 0.5) is 5.69 Å². The van der Waals surface area contributed by atoms with Crippen LogP contribution in [0.15, 0.2) is 29.3 Å². The van der Waals surface area contributed by atoms with E-state index in [-0.39, 0.29) is 45.6 Å². The molecule has 1 radical (unpaired) electrons. The number of hydrogen-bond acceptors (Lipinski definition) is 1. The summed E-state index contributed by atoms with van der Waals surface area (Å²) in [5.41, 5.74) is 3.84. The maximum absolute atomic E-state index is 4.52. The van der Waals surface area contributed by atoms with E-state index < -0.39 is 0 Å². The Kier molecular flexibility index (Phi) is 4.67. The molecule has 1 aliphatic heterocycles. The monoisotopic (exact) mass is 263 g/mol. The average Bonchev–Trinajstić information content (AvgIpc) is 2.25. The summed E-state index contributed by atoms with van der Waals surface area (Å²) in [5.74, 6) is 0. The van der Waals surface area contributed by atoms with Crippen LogP contribution >= 0.6 is 0 Å². The van der Waals surface area contributed by atoms with Gasteiger partial charge in [-0.25, -0.2) is 0 Å². The molecule has 1 nitrogen and oxygen atoms in total. The summed E-state index contributed by atoms with van der Waals surface area (Å²) in [4.78, 5) is 4.52. The largest absolute Gasteiger partial charge is 0.358 e. The average molecular weight is 263 g/mol. The molecule has 0 spiro atoms. The fourth-order valence-corrected chi connectivity index (χ4v) is 1.61. The number of aliphatic imine (C=N–C) groups is 1. The van der Waals surface area contributed by atoms with Gasteiger partial charge >= 0.3 is 0 Å². The van der Waals surface area contributed by atoms with Crippen molar-refractivity contribution >= 4 is 11.4 Å².